The molecule has 1 heterocycles. The molecule has 0 unspecified atom stereocenters. The molecular formula is C10H6ClF3N4O2. The highest BCUT2D eigenvalue weighted by atomic mass is 35.5. The summed E-state index contributed by atoms with van der Waals surface area (Å²) in [5.41, 5.74) is 4.06. The van der Waals surface area contributed by atoms with Crippen LogP contribution < -0.4 is 11.1 Å². The number of hydrogen-bond donors (Lipinski definition) is 2. The normalized spacial score (nSPS) is 11.4. The van der Waals surface area contributed by atoms with Gasteiger partial charge in [-0.2, -0.15) is 13.2 Å². The van der Waals surface area contributed by atoms with Crippen LogP contribution in [0.2, 0.25) is 5.02 Å². The van der Waals surface area contributed by atoms with E-state index in [9.17, 15) is 18.0 Å². The second-order valence-corrected chi connectivity index (χ2v) is 4.05. The Labute approximate surface area is 114 Å². The summed E-state index contributed by atoms with van der Waals surface area (Å²) in [4.78, 5) is 11.7. The SMILES string of the molecule is Nc1nonc1C(=O)Nc1ccc(C(F)(F)F)cc1Cl. The summed E-state index contributed by atoms with van der Waals surface area (Å²) in [7, 11) is 0. The molecule has 1 amide bonds. The van der Waals surface area contributed by atoms with Gasteiger partial charge in [0.15, 0.2) is 0 Å². The third-order valence-electron chi connectivity index (χ3n) is 2.27. The number of nitrogens with two attached hydrogens (primary N) is 1. The first-order valence-electron chi connectivity index (χ1n) is 5.05. The Bertz CT molecular complexity index is 656. The molecule has 0 saturated carbocycles. The highest BCUT2D eigenvalue weighted by Gasteiger charge is 2.31. The molecule has 6 nitrogen and oxygen atoms in total. The van der Waals surface area contributed by atoms with Gasteiger partial charge in [0.05, 0.1) is 16.3 Å². The van der Waals surface area contributed by atoms with Crippen LogP contribution in [-0.4, -0.2) is 16.2 Å². The van der Waals surface area contributed by atoms with E-state index in [1.807, 2.05) is 0 Å². The number of nitrogens with zero attached hydrogens (tertiary/aromatic N) is 2. The predicted octanol–water partition coefficient (Wildman–Crippen LogP) is 2.58. The summed E-state index contributed by atoms with van der Waals surface area (Å²) in [6.45, 7) is 0. The topological polar surface area (TPSA) is 94.0 Å². The number of benzene rings is 1. The van der Waals surface area contributed by atoms with Gasteiger partial charge in [0, 0.05) is 0 Å². The van der Waals surface area contributed by atoms with Gasteiger partial charge >= 0.3 is 6.18 Å². The molecule has 2 aromatic rings. The molecule has 0 aliphatic rings. The standard InChI is InChI=1S/C10H6ClF3N4O2/c11-5-3-4(10(12,13)14)1-2-6(5)16-9(19)7-8(15)18-20-17-7/h1-3H,(H2,15,18)(H,16,19). The second kappa shape index (κ2) is 5.00. The van der Waals surface area contributed by atoms with Gasteiger partial charge in [-0.15, -0.1) is 0 Å². The summed E-state index contributed by atoms with van der Waals surface area (Å²) in [5.74, 6) is -1.05. The molecule has 0 spiro atoms. The van der Waals surface area contributed by atoms with E-state index in [0.29, 0.717) is 6.07 Å². The fourth-order valence-corrected chi connectivity index (χ4v) is 1.56. The Morgan fingerprint density at radius 1 is 1.35 bits per heavy atom. The van der Waals surface area contributed by atoms with Crippen molar-refractivity contribution in [3.05, 3.63) is 34.5 Å². The average Bonchev–Trinajstić information content (AvgIpc) is 2.76. The zero-order valence-electron chi connectivity index (χ0n) is 9.53. The molecule has 1 aromatic carbocycles. The minimum atomic E-state index is -4.52. The quantitative estimate of drug-likeness (QED) is 0.889. The molecule has 0 bridgehead atoms. The van der Waals surface area contributed by atoms with E-state index >= 15 is 0 Å². The van der Waals surface area contributed by atoms with E-state index < -0.39 is 17.6 Å². The van der Waals surface area contributed by atoms with E-state index in [2.05, 4.69) is 20.3 Å². The van der Waals surface area contributed by atoms with Gasteiger partial charge in [0.2, 0.25) is 11.5 Å². The van der Waals surface area contributed by atoms with Gasteiger partial charge in [-0.1, -0.05) is 11.6 Å². The molecule has 1 aromatic heterocycles. The van der Waals surface area contributed by atoms with Crippen LogP contribution in [0.1, 0.15) is 16.1 Å². The summed E-state index contributed by atoms with van der Waals surface area (Å²) < 4.78 is 41.6. The minimum absolute atomic E-state index is 0.0212. The minimum Gasteiger partial charge on any atom is -0.379 e. The molecule has 3 N–H and O–H groups in total. The van der Waals surface area contributed by atoms with Crippen LogP contribution in [0.25, 0.3) is 0 Å². The molecule has 10 heteroatoms. The summed E-state index contributed by atoms with van der Waals surface area (Å²) >= 11 is 5.68. The van der Waals surface area contributed by atoms with Gasteiger partial charge in [-0.05, 0) is 28.5 Å². The van der Waals surface area contributed by atoms with Crippen molar-refractivity contribution in [3.63, 3.8) is 0 Å². The maximum Gasteiger partial charge on any atom is 0.416 e. The van der Waals surface area contributed by atoms with Crippen LogP contribution in [0.4, 0.5) is 24.7 Å². The number of nitrogen functional groups attached to an aromatic ring is 1. The van der Waals surface area contributed by atoms with Gasteiger partial charge < -0.3 is 11.1 Å². The number of rotatable bonds is 2. The first kappa shape index (κ1) is 14.1. The van der Waals surface area contributed by atoms with Crippen molar-refractivity contribution >= 4 is 29.0 Å². The van der Waals surface area contributed by atoms with Crippen molar-refractivity contribution in [2.24, 2.45) is 0 Å². The molecule has 0 saturated heterocycles. The average molecular weight is 307 g/mol. The smallest absolute Gasteiger partial charge is 0.379 e. The van der Waals surface area contributed by atoms with E-state index in [4.69, 9.17) is 17.3 Å². The molecule has 2 rings (SSSR count). The lowest BCUT2D eigenvalue weighted by Crippen LogP contribution is -2.15. The lowest BCUT2D eigenvalue weighted by Gasteiger charge is -2.10. The Balaban J connectivity index is 2.23. The molecular weight excluding hydrogens is 301 g/mol. The summed E-state index contributed by atoms with van der Waals surface area (Å²) in [5, 5.41) is 8.43. The zero-order chi connectivity index (χ0) is 14.9. The lowest BCUT2D eigenvalue weighted by atomic mass is 10.2. The summed E-state index contributed by atoms with van der Waals surface area (Å²) in [6.07, 6.45) is -4.52. The summed E-state index contributed by atoms with van der Waals surface area (Å²) in [6, 6.07) is 2.50. The fraction of sp³-hybridized carbons (Fsp3) is 0.100. The van der Waals surface area contributed by atoms with Crippen LogP contribution in [0.3, 0.4) is 0 Å². The first-order chi connectivity index (χ1) is 9.29. The fourth-order valence-electron chi connectivity index (χ4n) is 1.33. The Morgan fingerprint density at radius 2 is 2.05 bits per heavy atom. The maximum absolute atomic E-state index is 12.4. The lowest BCUT2D eigenvalue weighted by molar-refractivity contribution is -0.137. The Morgan fingerprint density at radius 3 is 2.55 bits per heavy atom. The van der Waals surface area contributed by atoms with Crippen LogP contribution in [0, 0.1) is 0 Å². The number of hydrogen-bond acceptors (Lipinski definition) is 5. The van der Waals surface area contributed by atoms with E-state index in [-0.39, 0.29) is 22.2 Å². The highest BCUT2D eigenvalue weighted by Crippen LogP contribution is 2.33. The van der Waals surface area contributed by atoms with Crippen molar-refractivity contribution in [2.75, 3.05) is 11.1 Å². The number of halogens is 4. The van der Waals surface area contributed by atoms with Crippen molar-refractivity contribution in [1.29, 1.82) is 0 Å². The van der Waals surface area contributed by atoms with Crippen molar-refractivity contribution in [1.82, 2.24) is 10.3 Å². The predicted molar refractivity (Wildman–Crippen MR) is 63.1 cm³/mol. The van der Waals surface area contributed by atoms with Crippen molar-refractivity contribution in [2.45, 2.75) is 6.18 Å². The maximum atomic E-state index is 12.4. The van der Waals surface area contributed by atoms with Crippen molar-refractivity contribution < 1.29 is 22.6 Å². The zero-order valence-corrected chi connectivity index (χ0v) is 10.3. The van der Waals surface area contributed by atoms with Crippen LogP contribution in [0.5, 0.6) is 0 Å². The molecule has 0 fully saturated rings. The van der Waals surface area contributed by atoms with E-state index in [1.165, 1.54) is 0 Å². The number of amides is 1. The number of carbonyl (C=O) groups excluding carboxylic acids is 1. The number of carbonyl (C=O) groups is 1. The number of anilines is 2. The number of nitrogens with one attached hydrogen (secondary N) is 1. The second-order valence-electron chi connectivity index (χ2n) is 3.64. The molecule has 0 aliphatic heterocycles. The largest absolute Gasteiger partial charge is 0.416 e. The van der Waals surface area contributed by atoms with Crippen LogP contribution in [-0.2, 0) is 6.18 Å². The third kappa shape index (κ3) is 2.82. The van der Waals surface area contributed by atoms with Gasteiger partial charge in [-0.25, -0.2) is 4.63 Å². The molecule has 20 heavy (non-hydrogen) atoms. The van der Waals surface area contributed by atoms with E-state index in [1.54, 1.807) is 0 Å². The van der Waals surface area contributed by atoms with Gasteiger partial charge in [0.25, 0.3) is 5.91 Å². The highest BCUT2D eigenvalue weighted by molar-refractivity contribution is 6.34. The molecule has 0 aliphatic carbocycles. The van der Waals surface area contributed by atoms with Crippen molar-refractivity contribution in [3.8, 4) is 0 Å². The molecule has 0 radical (unpaired) electrons. The third-order valence-corrected chi connectivity index (χ3v) is 2.59. The van der Waals surface area contributed by atoms with Gasteiger partial charge in [0.1, 0.15) is 0 Å². The Kier molecular flexibility index (Phi) is 3.53. The van der Waals surface area contributed by atoms with Crippen LogP contribution in [0.15, 0.2) is 22.8 Å². The first-order valence-corrected chi connectivity index (χ1v) is 5.43. The molecule has 106 valence electrons. The number of alkyl halides is 3. The van der Waals surface area contributed by atoms with E-state index in [0.717, 1.165) is 12.1 Å². The monoisotopic (exact) mass is 306 g/mol. The number of aromatic nitrogens is 2. The van der Waals surface area contributed by atoms with Crippen LogP contribution >= 0.6 is 11.6 Å². The molecule has 0 atom stereocenters. The Hall–Kier alpha value is -2.29. The van der Waals surface area contributed by atoms with Gasteiger partial charge in [-0.3, -0.25) is 4.79 Å².